The van der Waals surface area contributed by atoms with E-state index in [1.165, 1.54) is 0 Å². The van der Waals surface area contributed by atoms with Gasteiger partial charge in [0.05, 0.1) is 5.41 Å². The second kappa shape index (κ2) is 5.59. The summed E-state index contributed by atoms with van der Waals surface area (Å²) in [6, 6.07) is 1.90. The molecule has 1 fully saturated rings. The molecule has 3 rings (SSSR count). The van der Waals surface area contributed by atoms with Crippen LogP contribution >= 0.6 is 15.9 Å². The van der Waals surface area contributed by atoms with Crippen molar-refractivity contribution in [2.45, 2.75) is 18.3 Å². The molecule has 0 atom stereocenters. The minimum atomic E-state index is -0.261. The van der Waals surface area contributed by atoms with Crippen molar-refractivity contribution in [1.82, 2.24) is 15.1 Å². The first kappa shape index (κ1) is 13.7. The third-order valence-electron chi connectivity index (χ3n) is 3.68. The van der Waals surface area contributed by atoms with E-state index < -0.39 is 0 Å². The molecule has 6 nitrogen and oxygen atoms in total. The number of nitrogens with two attached hydrogens (primary N) is 1. The van der Waals surface area contributed by atoms with Crippen molar-refractivity contribution in [2.75, 3.05) is 19.8 Å². The Bertz CT molecular complexity index is 596. The molecule has 0 radical (unpaired) electrons. The van der Waals surface area contributed by atoms with E-state index in [1.54, 1.807) is 12.4 Å². The molecule has 0 aliphatic carbocycles. The van der Waals surface area contributed by atoms with Crippen LogP contribution in [0.5, 0.6) is 0 Å². The molecule has 1 saturated heterocycles. The van der Waals surface area contributed by atoms with E-state index >= 15 is 0 Å². The fourth-order valence-corrected chi connectivity index (χ4v) is 2.72. The van der Waals surface area contributed by atoms with E-state index in [9.17, 15) is 0 Å². The Kier molecular flexibility index (Phi) is 3.82. The summed E-state index contributed by atoms with van der Waals surface area (Å²) in [5.41, 5.74) is 6.49. The van der Waals surface area contributed by atoms with Crippen LogP contribution in [0.15, 0.2) is 27.5 Å². The molecule has 0 spiro atoms. The summed E-state index contributed by atoms with van der Waals surface area (Å²) < 4.78 is 11.7. The quantitative estimate of drug-likeness (QED) is 0.919. The van der Waals surface area contributed by atoms with Gasteiger partial charge in [0, 0.05) is 42.2 Å². The largest absolute Gasteiger partial charge is 0.381 e. The Hall–Kier alpha value is -1.31. The molecule has 2 aromatic heterocycles. The minimum Gasteiger partial charge on any atom is -0.381 e. The van der Waals surface area contributed by atoms with Crippen LogP contribution in [0.1, 0.15) is 18.7 Å². The lowest BCUT2D eigenvalue weighted by Gasteiger charge is -2.32. The van der Waals surface area contributed by atoms with Crippen molar-refractivity contribution in [2.24, 2.45) is 5.73 Å². The Morgan fingerprint density at radius 3 is 2.80 bits per heavy atom. The number of ether oxygens (including phenoxy) is 1. The van der Waals surface area contributed by atoms with Gasteiger partial charge in [-0.3, -0.25) is 4.98 Å². The maximum atomic E-state index is 5.94. The summed E-state index contributed by atoms with van der Waals surface area (Å²) in [7, 11) is 0. The van der Waals surface area contributed by atoms with Crippen LogP contribution in [0.2, 0.25) is 0 Å². The van der Waals surface area contributed by atoms with Crippen LogP contribution in [0.25, 0.3) is 11.4 Å². The van der Waals surface area contributed by atoms with Gasteiger partial charge in [-0.1, -0.05) is 5.16 Å². The zero-order chi connectivity index (χ0) is 14.0. The van der Waals surface area contributed by atoms with Gasteiger partial charge in [-0.15, -0.1) is 0 Å². The first-order chi connectivity index (χ1) is 9.73. The molecule has 2 N–H and O–H groups in total. The highest BCUT2D eigenvalue weighted by Gasteiger charge is 2.38. The van der Waals surface area contributed by atoms with Crippen molar-refractivity contribution in [1.29, 1.82) is 0 Å². The number of nitrogens with zero attached hydrogens (tertiary/aromatic N) is 3. The fourth-order valence-electron chi connectivity index (χ4n) is 2.36. The summed E-state index contributed by atoms with van der Waals surface area (Å²) in [4.78, 5) is 8.62. The topological polar surface area (TPSA) is 87.1 Å². The van der Waals surface area contributed by atoms with Gasteiger partial charge in [-0.2, -0.15) is 4.98 Å². The van der Waals surface area contributed by atoms with Crippen LogP contribution < -0.4 is 5.73 Å². The Labute approximate surface area is 124 Å². The molecular formula is C13H15BrN4O2. The van der Waals surface area contributed by atoms with E-state index in [2.05, 4.69) is 31.1 Å². The number of aromatic nitrogens is 3. The van der Waals surface area contributed by atoms with Gasteiger partial charge in [0.15, 0.2) is 0 Å². The second-order valence-corrected chi connectivity index (χ2v) is 5.83. The summed E-state index contributed by atoms with van der Waals surface area (Å²) in [5, 5.41) is 4.05. The molecule has 3 heterocycles. The molecule has 0 saturated carbocycles. The van der Waals surface area contributed by atoms with Crippen molar-refractivity contribution in [3.63, 3.8) is 0 Å². The molecule has 1 aliphatic rings. The fraction of sp³-hybridized carbons (Fsp3) is 0.462. The molecular weight excluding hydrogens is 324 g/mol. The van der Waals surface area contributed by atoms with E-state index in [1.807, 2.05) is 6.07 Å². The monoisotopic (exact) mass is 338 g/mol. The van der Waals surface area contributed by atoms with Crippen molar-refractivity contribution in [3.05, 3.63) is 28.8 Å². The lowest BCUT2D eigenvalue weighted by Crippen LogP contribution is -2.40. The van der Waals surface area contributed by atoms with Gasteiger partial charge in [0.25, 0.3) is 0 Å². The van der Waals surface area contributed by atoms with Crippen LogP contribution in [0.3, 0.4) is 0 Å². The van der Waals surface area contributed by atoms with E-state index in [-0.39, 0.29) is 5.41 Å². The van der Waals surface area contributed by atoms with Crippen molar-refractivity contribution < 1.29 is 9.26 Å². The first-order valence-corrected chi connectivity index (χ1v) is 7.26. The number of hydrogen-bond acceptors (Lipinski definition) is 6. The van der Waals surface area contributed by atoms with Crippen LogP contribution in [-0.4, -0.2) is 34.9 Å². The third kappa shape index (κ3) is 2.48. The normalized spacial score (nSPS) is 18.1. The number of rotatable bonds is 3. The zero-order valence-corrected chi connectivity index (χ0v) is 12.5. The van der Waals surface area contributed by atoms with E-state index in [0.29, 0.717) is 31.5 Å². The molecule has 0 aromatic carbocycles. The maximum absolute atomic E-state index is 5.94. The summed E-state index contributed by atoms with van der Waals surface area (Å²) in [5.74, 6) is 1.13. The first-order valence-electron chi connectivity index (χ1n) is 6.46. The van der Waals surface area contributed by atoms with Gasteiger partial charge in [-0.05, 0) is 34.8 Å². The summed E-state index contributed by atoms with van der Waals surface area (Å²) in [6.07, 6.45) is 5.03. The highest BCUT2D eigenvalue weighted by Crippen LogP contribution is 2.33. The Morgan fingerprint density at radius 2 is 2.10 bits per heavy atom. The standard InChI is InChI=1S/C13H15BrN4O2/c14-10-5-9(6-16-7-10)11-17-12(20-18-11)13(8-15)1-3-19-4-2-13/h5-7H,1-4,8,15H2. The number of hydrogen-bond donors (Lipinski definition) is 1. The molecule has 2 aromatic rings. The van der Waals surface area contributed by atoms with Gasteiger partial charge in [-0.25, -0.2) is 0 Å². The molecule has 0 bridgehead atoms. The molecule has 0 unspecified atom stereocenters. The lowest BCUT2D eigenvalue weighted by atomic mass is 9.80. The van der Waals surface area contributed by atoms with Crippen molar-refractivity contribution in [3.8, 4) is 11.4 Å². The van der Waals surface area contributed by atoms with Crippen LogP contribution in [-0.2, 0) is 10.2 Å². The molecule has 1 aliphatic heterocycles. The third-order valence-corrected chi connectivity index (χ3v) is 4.12. The number of pyridine rings is 1. The Balaban J connectivity index is 1.93. The van der Waals surface area contributed by atoms with Crippen LogP contribution in [0, 0.1) is 0 Å². The lowest BCUT2D eigenvalue weighted by molar-refractivity contribution is 0.0409. The summed E-state index contributed by atoms with van der Waals surface area (Å²) in [6.45, 7) is 1.83. The van der Waals surface area contributed by atoms with E-state index in [0.717, 1.165) is 22.9 Å². The van der Waals surface area contributed by atoms with E-state index in [4.69, 9.17) is 15.0 Å². The van der Waals surface area contributed by atoms with Gasteiger partial charge in [0.1, 0.15) is 0 Å². The van der Waals surface area contributed by atoms with Gasteiger partial charge < -0.3 is 15.0 Å². The van der Waals surface area contributed by atoms with Crippen molar-refractivity contribution >= 4 is 15.9 Å². The number of halogens is 1. The highest BCUT2D eigenvalue weighted by molar-refractivity contribution is 9.10. The minimum absolute atomic E-state index is 0.261. The SMILES string of the molecule is NCC1(c2nc(-c3cncc(Br)c3)no2)CCOCC1. The predicted octanol–water partition coefficient (Wildman–Crippen LogP) is 1.90. The average Bonchev–Trinajstić information content (AvgIpc) is 2.98. The van der Waals surface area contributed by atoms with Gasteiger partial charge >= 0.3 is 0 Å². The predicted molar refractivity (Wildman–Crippen MR) is 76.0 cm³/mol. The molecule has 7 heteroatoms. The Morgan fingerprint density at radius 1 is 1.30 bits per heavy atom. The highest BCUT2D eigenvalue weighted by atomic mass is 79.9. The smallest absolute Gasteiger partial charge is 0.234 e. The second-order valence-electron chi connectivity index (χ2n) is 4.91. The average molecular weight is 339 g/mol. The maximum Gasteiger partial charge on any atom is 0.234 e. The molecule has 20 heavy (non-hydrogen) atoms. The van der Waals surface area contributed by atoms with Crippen LogP contribution in [0.4, 0.5) is 0 Å². The summed E-state index contributed by atoms with van der Waals surface area (Å²) >= 11 is 3.38. The molecule has 106 valence electrons. The van der Waals surface area contributed by atoms with Gasteiger partial charge in [0.2, 0.25) is 11.7 Å². The zero-order valence-electron chi connectivity index (χ0n) is 10.9. The molecule has 0 amide bonds.